The standard InChI is InChI=1S/C9H9N2O2.CHF3O3S/c1-11-5-4-10-8-6(12)2-3-7(13)9(8)11;2-1(3,4)8(5,6)7/h2-5,8-9H,1H3;(H,5,6,7)/q+1;/p-1. The maximum Gasteiger partial charge on any atom is 0.485 e. The maximum atomic E-state index is 11.4. The smallest absolute Gasteiger partial charge is 0.485 e. The molecule has 2 unspecified atom stereocenters. The molecule has 21 heavy (non-hydrogen) atoms. The number of hydrogen-bond acceptors (Lipinski definition) is 6. The number of likely N-dealkylation sites (N-methyl/N-ethyl adjacent to an activating group) is 1. The third-order valence-electron chi connectivity index (χ3n) is 2.56. The summed E-state index contributed by atoms with van der Waals surface area (Å²) in [6.45, 7) is 0. The van der Waals surface area contributed by atoms with E-state index < -0.39 is 27.7 Å². The van der Waals surface area contributed by atoms with Crippen LogP contribution < -0.4 is 0 Å². The number of hydrogen-bond donors (Lipinski definition) is 0. The number of nitrogens with zero attached hydrogens (tertiary/aromatic N) is 2. The van der Waals surface area contributed by atoms with Crippen LogP contribution in [0.15, 0.2) is 17.1 Å². The summed E-state index contributed by atoms with van der Waals surface area (Å²) in [5.41, 5.74) is -5.65. The average Bonchev–Trinajstić information content (AvgIpc) is 2.32. The molecule has 11 heteroatoms. The molecule has 1 aliphatic carbocycles. The minimum Gasteiger partial charge on any atom is -0.741 e. The number of rotatable bonds is 0. The molecule has 0 amide bonds. The summed E-state index contributed by atoms with van der Waals surface area (Å²) in [6.07, 6.45) is 5.89. The molecule has 7 nitrogen and oxygen atoms in total. The Bertz CT molecular complexity index is 648. The Labute approximate surface area is 117 Å². The van der Waals surface area contributed by atoms with Crippen molar-refractivity contribution >= 4 is 34.1 Å². The van der Waals surface area contributed by atoms with Crippen molar-refractivity contribution in [2.75, 3.05) is 7.05 Å². The molecule has 0 aromatic heterocycles. The van der Waals surface area contributed by atoms with Gasteiger partial charge >= 0.3 is 5.51 Å². The molecule has 1 aliphatic heterocycles. The van der Waals surface area contributed by atoms with E-state index in [1.165, 1.54) is 12.2 Å². The van der Waals surface area contributed by atoms with Crippen molar-refractivity contribution < 1.29 is 40.3 Å². The van der Waals surface area contributed by atoms with Gasteiger partial charge in [-0.25, -0.2) is 13.0 Å². The first-order valence-electron chi connectivity index (χ1n) is 5.31. The molecule has 0 aromatic carbocycles. The second-order valence-electron chi connectivity index (χ2n) is 4.04. The highest BCUT2D eigenvalue weighted by Gasteiger charge is 2.42. The van der Waals surface area contributed by atoms with Gasteiger partial charge in [0, 0.05) is 0 Å². The molecular formula is C10H9F3N2O5S. The Morgan fingerprint density at radius 2 is 1.71 bits per heavy atom. The van der Waals surface area contributed by atoms with Crippen LogP contribution in [0.2, 0.25) is 0 Å². The predicted octanol–water partition coefficient (Wildman–Crippen LogP) is -0.720. The first-order valence-corrected chi connectivity index (χ1v) is 6.72. The third-order valence-corrected chi connectivity index (χ3v) is 3.13. The number of aliphatic imine (C=N–C) groups is 1. The van der Waals surface area contributed by atoms with Crippen molar-refractivity contribution in [3.05, 3.63) is 12.2 Å². The van der Waals surface area contributed by atoms with Crippen molar-refractivity contribution in [1.82, 2.24) is 0 Å². The molecule has 0 saturated carbocycles. The van der Waals surface area contributed by atoms with Gasteiger partial charge in [-0.15, -0.1) is 0 Å². The zero-order chi connectivity index (χ0) is 16.4. The molecule has 2 atom stereocenters. The summed E-state index contributed by atoms with van der Waals surface area (Å²) in [5, 5.41) is 0. The van der Waals surface area contributed by atoms with E-state index in [0.717, 1.165) is 0 Å². The minimum absolute atomic E-state index is 0.0554. The van der Waals surface area contributed by atoms with Crippen LogP contribution in [0.3, 0.4) is 0 Å². The van der Waals surface area contributed by atoms with Crippen LogP contribution in [0.5, 0.6) is 0 Å². The fraction of sp³-hybridized carbons (Fsp3) is 0.400. The Hall–Kier alpha value is -1.88. The van der Waals surface area contributed by atoms with Gasteiger partial charge < -0.3 is 4.55 Å². The van der Waals surface area contributed by atoms with Crippen LogP contribution in [0.25, 0.3) is 0 Å². The van der Waals surface area contributed by atoms with Gasteiger partial charge in [-0.2, -0.15) is 13.2 Å². The highest BCUT2D eigenvalue weighted by Crippen LogP contribution is 2.20. The highest BCUT2D eigenvalue weighted by molar-refractivity contribution is 7.86. The Balaban J connectivity index is 0.000000240. The summed E-state index contributed by atoms with van der Waals surface area (Å²) in [5.74, 6) is -0.152. The molecule has 2 rings (SSSR count). The van der Waals surface area contributed by atoms with Crippen LogP contribution >= 0.6 is 0 Å². The van der Waals surface area contributed by atoms with E-state index in [-0.39, 0.29) is 11.6 Å². The SMILES string of the molecule is C[N+]1=CC=NC2C(=O)C=CC(=O)C21.O=S(=O)([O-])C(F)(F)F. The number of carbonyl (C=O) groups excluding carboxylic acids is 2. The van der Waals surface area contributed by atoms with Crippen molar-refractivity contribution in [1.29, 1.82) is 0 Å². The third kappa shape index (κ3) is 4.04. The summed E-state index contributed by atoms with van der Waals surface area (Å²) in [6, 6.07) is -0.963. The van der Waals surface area contributed by atoms with Gasteiger partial charge in [-0.3, -0.25) is 14.6 Å². The lowest BCUT2D eigenvalue weighted by atomic mass is 9.93. The zero-order valence-electron chi connectivity index (χ0n) is 10.4. The predicted molar refractivity (Wildman–Crippen MR) is 63.2 cm³/mol. The van der Waals surface area contributed by atoms with E-state index >= 15 is 0 Å². The van der Waals surface area contributed by atoms with Gasteiger partial charge in [0.15, 0.2) is 28.2 Å². The summed E-state index contributed by atoms with van der Waals surface area (Å²) in [4.78, 5) is 26.7. The number of ketones is 2. The van der Waals surface area contributed by atoms with Gasteiger partial charge in [0.2, 0.25) is 11.8 Å². The van der Waals surface area contributed by atoms with Crippen LogP contribution in [-0.4, -0.2) is 66.2 Å². The summed E-state index contributed by atoms with van der Waals surface area (Å²) < 4.78 is 60.6. The maximum absolute atomic E-state index is 11.4. The number of halogens is 3. The van der Waals surface area contributed by atoms with Crippen molar-refractivity contribution in [2.45, 2.75) is 17.6 Å². The van der Waals surface area contributed by atoms with E-state index in [2.05, 4.69) is 4.99 Å². The van der Waals surface area contributed by atoms with E-state index in [0.29, 0.717) is 0 Å². The molecule has 1 heterocycles. The van der Waals surface area contributed by atoms with Gasteiger partial charge in [0.1, 0.15) is 7.05 Å². The molecule has 0 aromatic rings. The normalized spacial score (nSPS) is 24.9. The Morgan fingerprint density at radius 3 is 2.14 bits per heavy atom. The molecular weight excluding hydrogens is 317 g/mol. The molecule has 0 N–H and O–H groups in total. The van der Waals surface area contributed by atoms with E-state index in [1.54, 1.807) is 24.1 Å². The Kier molecular flexibility index (Phi) is 4.79. The van der Waals surface area contributed by atoms with Gasteiger partial charge in [0.05, 0.1) is 6.21 Å². The van der Waals surface area contributed by atoms with E-state index in [1.807, 2.05) is 0 Å². The van der Waals surface area contributed by atoms with Crippen LogP contribution in [0.4, 0.5) is 13.2 Å². The first kappa shape index (κ1) is 17.2. The quantitative estimate of drug-likeness (QED) is 0.332. The van der Waals surface area contributed by atoms with Crippen molar-refractivity contribution in [3.8, 4) is 0 Å². The fourth-order valence-electron chi connectivity index (χ4n) is 1.58. The lowest BCUT2D eigenvalue weighted by Gasteiger charge is -2.20. The van der Waals surface area contributed by atoms with Gasteiger partial charge in [0.25, 0.3) is 0 Å². The number of carbonyl (C=O) groups is 2. The molecule has 116 valence electrons. The second-order valence-corrected chi connectivity index (χ2v) is 5.41. The largest absolute Gasteiger partial charge is 0.741 e. The number of fused-ring (bicyclic) bond motifs is 1. The molecule has 0 fully saturated rings. The minimum atomic E-state index is -6.09. The average molecular weight is 326 g/mol. The van der Waals surface area contributed by atoms with Gasteiger partial charge in [-0.1, -0.05) is 0 Å². The van der Waals surface area contributed by atoms with E-state index in [9.17, 15) is 22.8 Å². The van der Waals surface area contributed by atoms with Crippen LogP contribution in [0, 0.1) is 0 Å². The first-order chi connectivity index (χ1) is 9.45. The van der Waals surface area contributed by atoms with Crippen LogP contribution in [-0.2, 0) is 19.7 Å². The number of alkyl halides is 3. The van der Waals surface area contributed by atoms with Crippen LogP contribution in [0.1, 0.15) is 0 Å². The highest BCUT2D eigenvalue weighted by atomic mass is 32.2. The topological polar surface area (TPSA) is 107 Å². The fourth-order valence-corrected chi connectivity index (χ4v) is 1.58. The van der Waals surface area contributed by atoms with Crippen molar-refractivity contribution in [3.63, 3.8) is 0 Å². The summed E-state index contributed by atoms with van der Waals surface area (Å²) in [7, 11) is -4.32. The Morgan fingerprint density at radius 1 is 1.24 bits per heavy atom. The summed E-state index contributed by atoms with van der Waals surface area (Å²) >= 11 is 0. The molecule has 0 saturated heterocycles. The zero-order valence-corrected chi connectivity index (χ0v) is 11.3. The lowest BCUT2D eigenvalue weighted by molar-refractivity contribution is -0.519. The molecule has 0 bridgehead atoms. The molecule has 2 aliphatic rings. The monoisotopic (exact) mass is 326 g/mol. The van der Waals surface area contributed by atoms with E-state index in [4.69, 9.17) is 13.0 Å². The molecule has 0 radical (unpaired) electrons. The lowest BCUT2D eigenvalue weighted by Crippen LogP contribution is -2.49. The van der Waals surface area contributed by atoms with Crippen molar-refractivity contribution in [2.24, 2.45) is 4.99 Å². The second kappa shape index (κ2) is 5.85. The molecule has 0 spiro atoms. The van der Waals surface area contributed by atoms with Gasteiger partial charge in [-0.05, 0) is 12.2 Å².